The van der Waals surface area contributed by atoms with Crippen molar-refractivity contribution in [2.75, 3.05) is 6.61 Å². The van der Waals surface area contributed by atoms with E-state index in [0.29, 0.717) is 32.9 Å². The van der Waals surface area contributed by atoms with Crippen LogP contribution in [0.3, 0.4) is 0 Å². The maximum Gasteiger partial charge on any atom is 0.155 e. The van der Waals surface area contributed by atoms with Crippen molar-refractivity contribution in [2.45, 2.75) is 38.3 Å². The highest BCUT2D eigenvalue weighted by Gasteiger charge is 2.46. The van der Waals surface area contributed by atoms with Crippen molar-refractivity contribution in [2.24, 2.45) is 17.8 Å². The first-order valence-electron chi connectivity index (χ1n) is 8.48. The smallest absolute Gasteiger partial charge is 0.155 e. The van der Waals surface area contributed by atoms with Crippen LogP contribution >= 0.6 is 17.4 Å². The fraction of sp³-hybridized carbons (Fsp3) is 0.556. The molecule has 2 aliphatic rings. The largest absolute Gasteiger partial charge is 0.491 e. The van der Waals surface area contributed by atoms with Crippen molar-refractivity contribution < 1.29 is 19.1 Å². The Labute approximate surface area is 147 Å². The first kappa shape index (κ1) is 18.3. The van der Waals surface area contributed by atoms with E-state index in [9.17, 15) is 5.11 Å². The number of rotatable bonds is 7. The van der Waals surface area contributed by atoms with Gasteiger partial charge in [-0.3, -0.25) is 0 Å². The van der Waals surface area contributed by atoms with Gasteiger partial charge in [0.2, 0.25) is 0 Å². The summed E-state index contributed by atoms with van der Waals surface area (Å²) >= 11 is 0. The molecule has 0 spiro atoms. The van der Waals surface area contributed by atoms with E-state index in [1.165, 1.54) is 0 Å². The van der Waals surface area contributed by atoms with Gasteiger partial charge < -0.3 is 19.1 Å². The van der Waals surface area contributed by atoms with E-state index in [-0.39, 0.29) is 12.2 Å². The summed E-state index contributed by atoms with van der Waals surface area (Å²) in [6.45, 7) is 2.76. The first-order valence-corrected chi connectivity index (χ1v) is 11.2. The molecule has 1 saturated carbocycles. The number of ether oxygens (including phenoxy) is 2. The van der Waals surface area contributed by atoms with Gasteiger partial charge in [-0.25, -0.2) is 0 Å². The standard InChI is InChI=1S/C18H26O4P2/c1-12-9-17-16(10-18(19)21-17)15(12)8-7-14(22-24-23)11-20-13-5-3-2-4-6-13/h2-8,12,14-19,24H,9-11,23H2,1H3/b8-7+/t12-,14-,15+,16-,17+,18?/m1/s1. The van der Waals surface area contributed by atoms with E-state index in [1.807, 2.05) is 30.3 Å². The van der Waals surface area contributed by atoms with Crippen LogP contribution in [-0.4, -0.2) is 30.2 Å². The molecule has 132 valence electrons. The minimum atomic E-state index is -0.592. The number of fused-ring (bicyclic) bond motifs is 1. The van der Waals surface area contributed by atoms with Gasteiger partial charge in [0.15, 0.2) is 6.29 Å². The van der Waals surface area contributed by atoms with E-state index in [4.69, 9.17) is 14.0 Å². The zero-order valence-corrected chi connectivity index (χ0v) is 16.0. The molecule has 1 saturated heterocycles. The van der Waals surface area contributed by atoms with Gasteiger partial charge >= 0.3 is 0 Å². The SMILES string of the molecule is C[C@@H]1C[C@@H]2OC(O)C[C@@H]2[C@H]1/C=C/[C@H](COc1ccccc1)OPP. The molecule has 3 rings (SSSR count). The maximum atomic E-state index is 9.72. The molecular weight excluding hydrogens is 342 g/mol. The van der Waals surface area contributed by atoms with Gasteiger partial charge in [0.1, 0.15) is 18.5 Å². The van der Waals surface area contributed by atoms with Crippen LogP contribution in [0, 0.1) is 17.8 Å². The lowest BCUT2D eigenvalue weighted by Gasteiger charge is -2.19. The Balaban J connectivity index is 1.59. The Morgan fingerprint density at radius 2 is 2.17 bits per heavy atom. The Morgan fingerprint density at radius 1 is 1.38 bits per heavy atom. The summed E-state index contributed by atoms with van der Waals surface area (Å²) in [6.07, 6.45) is 5.67. The fourth-order valence-corrected chi connectivity index (χ4v) is 4.67. The van der Waals surface area contributed by atoms with Crippen molar-refractivity contribution in [1.82, 2.24) is 0 Å². The van der Waals surface area contributed by atoms with Crippen molar-refractivity contribution in [3.8, 4) is 5.75 Å². The fourth-order valence-electron chi connectivity index (χ4n) is 3.82. The Hall–Kier alpha value is -0.500. The zero-order valence-electron chi connectivity index (χ0n) is 13.9. The second-order valence-corrected chi connectivity index (χ2v) is 7.78. The third-order valence-corrected chi connectivity index (χ3v) is 5.81. The van der Waals surface area contributed by atoms with Crippen LogP contribution in [0.5, 0.6) is 5.75 Å². The molecule has 24 heavy (non-hydrogen) atoms. The summed E-state index contributed by atoms with van der Waals surface area (Å²) in [5.74, 6) is 2.27. The van der Waals surface area contributed by atoms with Gasteiger partial charge in [0.05, 0.1) is 6.10 Å². The molecule has 8 atom stereocenters. The predicted molar refractivity (Wildman–Crippen MR) is 100 cm³/mol. The number of hydrogen-bond acceptors (Lipinski definition) is 4. The average Bonchev–Trinajstić information content (AvgIpc) is 3.06. The molecule has 0 aromatic heterocycles. The molecule has 1 N–H and O–H groups in total. The molecule has 1 heterocycles. The number of allylic oxidation sites excluding steroid dienone is 1. The van der Waals surface area contributed by atoms with E-state index < -0.39 is 6.29 Å². The van der Waals surface area contributed by atoms with Crippen LogP contribution in [0.2, 0.25) is 0 Å². The van der Waals surface area contributed by atoms with Crippen LogP contribution in [0.25, 0.3) is 0 Å². The topological polar surface area (TPSA) is 47.9 Å². The highest BCUT2D eigenvalue weighted by atomic mass is 32.0. The van der Waals surface area contributed by atoms with E-state index >= 15 is 0 Å². The Kier molecular flexibility index (Phi) is 6.66. The lowest BCUT2D eigenvalue weighted by Crippen LogP contribution is -2.18. The molecule has 1 aromatic rings. The second-order valence-electron chi connectivity index (χ2n) is 6.60. The lowest BCUT2D eigenvalue weighted by molar-refractivity contribution is -0.0922. The van der Waals surface area contributed by atoms with Gasteiger partial charge in [-0.1, -0.05) is 46.2 Å². The monoisotopic (exact) mass is 368 g/mol. The van der Waals surface area contributed by atoms with Crippen LogP contribution in [-0.2, 0) is 9.26 Å². The van der Waals surface area contributed by atoms with Crippen LogP contribution < -0.4 is 4.74 Å². The minimum absolute atomic E-state index is 0.0699. The number of para-hydroxylation sites is 1. The minimum Gasteiger partial charge on any atom is -0.491 e. The van der Waals surface area contributed by atoms with Gasteiger partial charge in [-0.15, -0.1) is 0 Å². The first-order chi connectivity index (χ1) is 11.7. The highest BCUT2D eigenvalue weighted by Crippen LogP contribution is 2.46. The number of benzene rings is 1. The average molecular weight is 368 g/mol. The van der Waals surface area contributed by atoms with Crippen LogP contribution in [0.15, 0.2) is 42.5 Å². The van der Waals surface area contributed by atoms with E-state index in [0.717, 1.165) is 18.6 Å². The third-order valence-electron chi connectivity index (χ3n) is 4.96. The summed E-state index contributed by atoms with van der Waals surface area (Å²) in [4.78, 5) is 0. The zero-order chi connectivity index (χ0) is 16.9. The van der Waals surface area contributed by atoms with Crippen molar-refractivity contribution >= 4 is 17.4 Å². The van der Waals surface area contributed by atoms with Gasteiger partial charge in [-0.05, 0) is 36.3 Å². The summed E-state index contributed by atoms with van der Waals surface area (Å²) in [5, 5.41) is 9.72. The normalized spacial score (nSPS) is 34.2. The Morgan fingerprint density at radius 3 is 2.92 bits per heavy atom. The summed E-state index contributed by atoms with van der Waals surface area (Å²) in [7, 11) is 2.96. The second kappa shape index (κ2) is 8.74. The molecule has 0 bridgehead atoms. The van der Waals surface area contributed by atoms with Crippen molar-refractivity contribution in [3.63, 3.8) is 0 Å². The summed E-state index contributed by atoms with van der Waals surface area (Å²) in [6, 6.07) is 9.80. The van der Waals surface area contributed by atoms with E-state index in [1.54, 1.807) is 0 Å². The number of hydrogen-bond donors (Lipinski definition) is 1. The molecule has 2 fully saturated rings. The molecule has 6 heteroatoms. The quantitative estimate of drug-likeness (QED) is 0.588. The predicted octanol–water partition coefficient (Wildman–Crippen LogP) is 3.77. The molecule has 0 amide bonds. The van der Waals surface area contributed by atoms with Gasteiger partial charge in [-0.2, -0.15) is 0 Å². The summed E-state index contributed by atoms with van der Waals surface area (Å²) < 4.78 is 17.2. The molecular formula is C18H26O4P2. The van der Waals surface area contributed by atoms with Crippen LogP contribution in [0.1, 0.15) is 19.8 Å². The maximum absolute atomic E-state index is 9.72. The molecule has 3 unspecified atom stereocenters. The molecule has 4 nitrogen and oxygen atoms in total. The van der Waals surface area contributed by atoms with Gasteiger partial charge in [0, 0.05) is 14.9 Å². The third kappa shape index (κ3) is 4.56. The van der Waals surface area contributed by atoms with Crippen molar-refractivity contribution in [3.05, 3.63) is 42.5 Å². The van der Waals surface area contributed by atoms with Crippen molar-refractivity contribution in [1.29, 1.82) is 0 Å². The highest BCUT2D eigenvalue weighted by molar-refractivity contribution is 8.00. The summed E-state index contributed by atoms with van der Waals surface area (Å²) in [5.41, 5.74) is 0. The van der Waals surface area contributed by atoms with Crippen LogP contribution in [0.4, 0.5) is 0 Å². The lowest BCUT2D eigenvalue weighted by atomic mass is 9.88. The molecule has 1 aromatic carbocycles. The number of aliphatic hydroxyl groups is 1. The Bertz CT molecular complexity index is 539. The molecule has 1 aliphatic carbocycles. The molecule has 0 radical (unpaired) electrons. The van der Waals surface area contributed by atoms with E-state index in [2.05, 4.69) is 28.0 Å². The van der Waals surface area contributed by atoms with Gasteiger partial charge in [0.25, 0.3) is 0 Å². The number of aliphatic hydroxyl groups excluding tert-OH is 1. The molecule has 1 aliphatic heterocycles.